The average molecular weight is 222 g/mol. The molecule has 84 valence electrons. The summed E-state index contributed by atoms with van der Waals surface area (Å²) in [6.45, 7) is 0. The van der Waals surface area contributed by atoms with Gasteiger partial charge in [0.1, 0.15) is 5.69 Å². The fourth-order valence-electron chi connectivity index (χ4n) is 1.51. The molecule has 2 rings (SSSR count). The van der Waals surface area contributed by atoms with Gasteiger partial charge < -0.3 is 0 Å². The highest BCUT2D eigenvalue weighted by Crippen LogP contribution is 2.20. The highest BCUT2D eigenvalue weighted by Gasteiger charge is 2.18. The summed E-state index contributed by atoms with van der Waals surface area (Å²) in [5, 5.41) is 1.66. The Kier molecular flexibility index (Phi) is 2.62. The van der Waals surface area contributed by atoms with E-state index in [2.05, 4.69) is 0 Å². The second-order valence-electron chi connectivity index (χ2n) is 3.35. The second kappa shape index (κ2) is 3.94. The molecule has 0 bridgehead atoms. The van der Waals surface area contributed by atoms with Crippen molar-refractivity contribution in [1.82, 2.24) is 9.85 Å². The van der Waals surface area contributed by atoms with Gasteiger partial charge in [-0.3, -0.25) is 9.63 Å². The molecule has 0 aliphatic carbocycles. The summed E-state index contributed by atoms with van der Waals surface area (Å²) in [6, 6.07) is 8.35. The lowest BCUT2D eigenvalue weighted by atomic mass is 10.2. The summed E-state index contributed by atoms with van der Waals surface area (Å²) in [6.07, 6.45) is 0. The van der Waals surface area contributed by atoms with Gasteiger partial charge in [0.25, 0.3) is 5.91 Å². The molecule has 4 nitrogen and oxygen atoms in total. The first-order chi connectivity index (χ1) is 7.65. The summed E-state index contributed by atoms with van der Waals surface area (Å²) < 4.78 is 13.8. The predicted octanol–water partition coefficient (Wildman–Crippen LogP) is 2.01. The van der Waals surface area contributed by atoms with Gasteiger partial charge in [-0.2, -0.15) is 4.79 Å². The molecule has 2 aromatic rings. The molecule has 0 radical (unpaired) electrons. The molecule has 5 heteroatoms. The van der Waals surface area contributed by atoms with E-state index < -0.39 is 5.91 Å². The number of hydrogen-bond donors (Lipinski definition) is 0. The molecule has 0 aliphatic heterocycles. The Morgan fingerprint density at radius 2 is 2.12 bits per heavy atom. The van der Waals surface area contributed by atoms with Crippen molar-refractivity contribution in [1.29, 1.82) is 0 Å². The van der Waals surface area contributed by atoms with Crippen molar-refractivity contribution in [2.75, 3.05) is 14.2 Å². The first kappa shape index (κ1) is 10.6. The fourth-order valence-corrected chi connectivity index (χ4v) is 1.51. The van der Waals surface area contributed by atoms with E-state index in [1.165, 1.54) is 20.2 Å². The summed E-state index contributed by atoms with van der Waals surface area (Å²) in [4.78, 5) is 16.8. The number of carbonyl (C=O) groups excluding carboxylic acids is 1. The number of aromatic nitrogens is 1. The zero-order valence-electron chi connectivity index (χ0n) is 8.98. The van der Waals surface area contributed by atoms with Crippen LogP contribution >= 0.6 is 0 Å². The SMILES string of the molecule is CON(C)C(=O)c1cc2ccccc2n1F. The van der Waals surface area contributed by atoms with E-state index in [1.54, 1.807) is 24.3 Å². The van der Waals surface area contributed by atoms with Crippen molar-refractivity contribution >= 4 is 16.8 Å². The average Bonchev–Trinajstić information content (AvgIpc) is 2.65. The predicted molar refractivity (Wildman–Crippen MR) is 57.5 cm³/mol. The summed E-state index contributed by atoms with van der Waals surface area (Å²) in [7, 11) is 2.78. The standard InChI is InChI=1S/C11H11FN2O2/c1-13(16-2)11(15)10-7-8-5-3-4-6-9(8)14(10)12/h3-7H,1-2H3. The van der Waals surface area contributed by atoms with Crippen molar-refractivity contribution in [3.8, 4) is 0 Å². The van der Waals surface area contributed by atoms with Crippen LogP contribution in [0.2, 0.25) is 0 Å². The molecule has 1 amide bonds. The molecule has 1 aromatic heterocycles. The molecule has 0 spiro atoms. The number of hydrogen-bond acceptors (Lipinski definition) is 2. The molecular formula is C11H11FN2O2. The van der Waals surface area contributed by atoms with E-state index in [4.69, 9.17) is 4.84 Å². The van der Waals surface area contributed by atoms with E-state index in [-0.39, 0.29) is 5.69 Å². The quantitative estimate of drug-likeness (QED) is 0.728. The van der Waals surface area contributed by atoms with Gasteiger partial charge in [0, 0.05) is 12.4 Å². The van der Waals surface area contributed by atoms with Crippen molar-refractivity contribution in [3.63, 3.8) is 0 Å². The Balaban J connectivity index is 2.53. The van der Waals surface area contributed by atoms with Crippen LogP contribution in [0.5, 0.6) is 0 Å². The smallest absolute Gasteiger partial charge is 0.274 e. The summed E-state index contributed by atoms with van der Waals surface area (Å²) >= 11 is 0. The Labute approximate surface area is 91.7 Å². The van der Waals surface area contributed by atoms with Gasteiger partial charge >= 0.3 is 0 Å². The highest BCUT2D eigenvalue weighted by molar-refractivity contribution is 5.97. The molecule has 0 fully saturated rings. The minimum atomic E-state index is -0.527. The van der Waals surface area contributed by atoms with Gasteiger partial charge in [0.2, 0.25) is 0 Å². The lowest BCUT2D eigenvalue weighted by molar-refractivity contribution is -0.0766. The fraction of sp³-hybridized carbons (Fsp3) is 0.182. The molecule has 0 N–H and O–H groups in total. The zero-order valence-corrected chi connectivity index (χ0v) is 8.98. The summed E-state index contributed by atoms with van der Waals surface area (Å²) in [5.41, 5.74) is 0.320. The lowest BCUT2D eigenvalue weighted by Crippen LogP contribution is -2.26. The number of nitrogens with zero attached hydrogens (tertiary/aromatic N) is 2. The number of amides is 1. The molecule has 0 aliphatic rings. The zero-order chi connectivity index (χ0) is 11.7. The maximum absolute atomic E-state index is 13.8. The van der Waals surface area contributed by atoms with Crippen molar-refractivity contribution in [2.24, 2.45) is 0 Å². The van der Waals surface area contributed by atoms with E-state index in [1.807, 2.05) is 0 Å². The third-order valence-electron chi connectivity index (χ3n) is 2.43. The van der Waals surface area contributed by atoms with Crippen LogP contribution in [0.3, 0.4) is 0 Å². The van der Waals surface area contributed by atoms with Gasteiger partial charge in [-0.1, -0.05) is 22.7 Å². The normalized spacial score (nSPS) is 10.7. The van der Waals surface area contributed by atoms with E-state index in [0.717, 1.165) is 5.06 Å². The van der Waals surface area contributed by atoms with Crippen LogP contribution in [-0.4, -0.2) is 29.9 Å². The van der Waals surface area contributed by atoms with Crippen LogP contribution in [0.25, 0.3) is 10.9 Å². The van der Waals surface area contributed by atoms with Gasteiger partial charge in [-0.25, -0.2) is 5.06 Å². The highest BCUT2D eigenvalue weighted by atomic mass is 19.2. The maximum Gasteiger partial charge on any atom is 0.296 e. The van der Waals surface area contributed by atoms with Gasteiger partial charge in [0.15, 0.2) is 0 Å². The lowest BCUT2D eigenvalue weighted by Gasteiger charge is -2.12. The van der Waals surface area contributed by atoms with Crippen LogP contribution < -0.4 is 0 Å². The topological polar surface area (TPSA) is 34.5 Å². The van der Waals surface area contributed by atoms with Crippen molar-refractivity contribution < 1.29 is 14.1 Å². The van der Waals surface area contributed by atoms with Crippen molar-refractivity contribution in [2.45, 2.75) is 0 Å². The summed E-state index contributed by atoms with van der Waals surface area (Å²) in [5.74, 6) is -0.527. The molecule has 0 saturated carbocycles. The molecule has 16 heavy (non-hydrogen) atoms. The van der Waals surface area contributed by atoms with Gasteiger partial charge in [0.05, 0.1) is 12.6 Å². The number of para-hydroxylation sites is 1. The molecule has 0 saturated heterocycles. The first-order valence-electron chi connectivity index (χ1n) is 4.74. The molecule has 1 heterocycles. The number of benzene rings is 1. The van der Waals surface area contributed by atoms with Crippen LogP contribution in [0.1, 0.15) is 10.5 Å². The Morgan fingerprint density at radius 1 is 1.44 bits per heavy atom. The number of rotatable bonds is 2. The second-order valence-corrected chi connectivity index (χ2v) is 3.35. The van der Waals surface area contributed by atoms with E-state index in [0.29, 0.717) is 15.7 Å². The maximum atomic E-state index is 13.8. The number of hydroxylamine groups is 2. The van der Waals surface area contributed by atoms with Gasteiger partial charge in [-0.05, 0) is 12.1 Å². The molecule has 0 unspecified atom stereocenters. The van der Waals surface area contributed by atoms with Crippen LogP contribution in [0, 0.1) is 0 Å². The van der Waals surface area contributed by atoms with Crippen LogP contribution in [-0.2, 0) is 4.84 Å². The van der Waals surface area contributed by atoms with E-state index in [9.17, 15) is 9.28 Å². The Morgan fingerprint density at radius 3 is 2.75 bits per heavy atom. The van der Waals surface area contributed by atoms with Crippen LogP contribution in [0.15, 0.2) is 30.3 Å². The molecule has 1 aromatic carbocycles. The molecular weight excluding hydrogens is 211 g/mol. The Hall–Kier alpha value is -1.88. The van der Waals surface area contributed by atoms with Crippen molar-refractivity contribution in [3.05, 3.63) is 36.0 Å². The molecule has 0 atom stereocenters. The third kappa shape index (κ3) is 1.55. The van der Waals surface area contributed by atoms with E-state index >= 15 is 0 Å². The first-order valence-corrected chi connectivity index (χ1v) is 4.74. The van der Waals surface area contributed by atoms with Gasteiger partial charge in [-0.15, -0.1) is 0 Å². The van der Waals surface area contributed by atoms with Crippen LogP contribution in [0.4, 0.5) is 4.48 Å². The number of fused-ring (bicyclic) bond motifs is 1. The third-order valence-corrected chi connectivity index (χ3v) is 2.43. The Bertz CT molecular complexity index is 536. The minimum Gasteiger partial charge on any atom is -0.274 e. The minimum absolute atomic E-state index is 0.0504. The number of carbonyl (C=O) groups is 1. The monoisotopic (exact) mass is 222 g/mol. The largest absolute Gasteiger partial charge is 0.296 e. The number of halogens is 1.